The molecule has 0 bridgehead atoms. The molecule has 1 aromatic carbocycles. The number of oxazole rings is 1. The first-order valence-electron chi connectivity index (χ1n) is 5.02. The lowest BCUT2D eigenvalue weighted by atomic mass is 10.0. The maximum Gasteiger partial charge on any atom is 0.419 e. The third kappa shape index (κ3) is 1.54. The van der Waals surface area contributed by atoms with Crippen molar-refractivity contribution in [3.63, 3.8) is 0 Å². The van der Waals surface area contributed by atoms with E-state index >= 15 is 0 Å². The van der Waals surface area contributed by atoms with Gasteiger partial charge in [-0.3, -0.25) is 4.57 Å². The predicted molar refractivity (Wildman–Crippen MR) is 60.2 cm³/mol. The normalized spacial score (nSPS) is 13.2. The Labute approximate surface area is 92.1 Å². The van der Waals surface area contributed by atoms with Gasteiger partial charge in [0.1, 0.15) is 0 Å². The van der Waals surface area contributed by atoms with Crippen LogP contribution < -0.4 is 11.5 Å². The molecule has 0 fully saturated rings. The van der Waals surface area contributed by atoms with E-state index in [-0.39, 0.29) is 6.54 Å². The molecule has 0 aliphatic carbocycles. The molecule has 0 saturated heterocycles. The number of nitrogens with zero attached hydrogens (tertiary/aromatic N) is 1. The molecule has 86 valence electrons. The van der Waals surface area contributed by atoms with Gasteiger partial charge in [-0.15, -0.1) is 0 Å². The summed E-state index contributed by atoms with van der Waals surface area (Å²) in [7, 11) is 1.65. The minimum absolute atomic E-state index is 0.142. The molecule has 2 aromatic rings. The van der Waals surface area contributed by atoms with Crippen molar-refractivity contribution in [2.24, 2.45) is 12.8 Å². The van der Waals surface area contributed by atoms with Crippen LogP contribution in [-0.4, -0.2) is 16.2 Å². The summed E-state index contributed by atoms with van der Waals surface area (Å²) in [4.78, 5) is 11.3. The molecule has 2 rings (SSSR count). The van der Waals surface area contributed by atoms with E-state index in [1.165, 1.54) is 4.57 Å². The Kier molecular flexibility index (Phi) is 2.57. The number of nitrogens with two attached hydrogens (primary N) is 1. The van der Waals surface area contributed by atoms with Crippen molar-refractivity contribution < 1.29 is 9.52 Å². The Morgan fingerprint density at radius 2 is 2.25 bits per heavy atom. The smallest absolute Gasteiger partial charge is 0.408 e. The molecule has 0 spiro atoms. The van der Waals surface area contributed by atoms with Crippen LogP contribution in [0.5, 0.6) is 0 Å². The van der Waals surface area contributed by atoms with Crippen LogP contribution in [0.1, 0.15) is 17.2 Å². The standard InChI is InChI=1S/C11H14N2O3/c1-6-3-8-10(16-11(15)13(8)2)4-7(6)9(14)5-12/h3-4,9,14H,5,12H2,1-2H3. The van der Waals surface area contributed by atoms with Crippen LogP contribution in [-0.2, 0) is 7.05 Å². The molecule has 1 unspecified atom stereocenters. The Morgan fingerprint density at radius 3 is 2.88 bits per heavy atom. The highest BCUT2D eigenvalue weighted by molar-refractivity contribution is 5.75. The van der Waals surface area contributed by atoms with E-state index in [0.717, 1.165) is 11.1 Å². The number of aliphatic hydroxyl groups excluding tert-OH is 1. The second-order valence-corrected chi connectivity index (χ2v) is 3.86. The zero-order valence-corrected chi connectivity index (χ0v) is 9.23. The largest absolute Gasteiger partial charge is 0.419 e. The van der Waals surface area contributed by atoms with Crippen LogP contribution in [0.2, 0.25) is 0 Å². The summed E-state index contributed by atoms with van der Waals surface area (Å²) < 4.78 is 6.48. The van der Waals surface area contributed by atoms with Gasteiger partial charge in [-0.1, -0.05) is 0 Å². The van der Waals surface area contributed by atoms with E-state index in [1.807, 2.05) is 13.0 Å². The highest BCUT2D eigenvalue weighted by Gasteiger charge is 2.13. The fourth-order valence-corrected chi connectivity index (χ4v) is 1.78. The van der Waals surface area contributed by atoms with E-state index < -0.39 is 11.9 Å². The molecule has 1 heterocycles. The molecule has 0 saturated carbocycles. The van der Waals surface area contributed by atoms with Gasteiger partial charge in [-0.2, -0.15) is 0 Å². The van der Waals surface area contributed by atoms with E-state index in [9.17, 15) is 9.90 Å². The number of aliphatic hydroxyl groups is 1. The fourth-order valence-electron chi connectivity index (χ4n) is 1.78. The van der Waals surface area contributed by atoms with Gasteiger partial charge in [0, 0.05) is 13.6 Å². The predicted octanol–water partition coefficient (Wildman–Crippen LogP) is 0.432. The summed E-state index contributed by atoms with van der Waals surface area (Å²) >= 11 is 0. The zero-order chi connectivity index (χ0) is 11.9. The Hall–Kier alpha value is -1.59. The number of rotatable bonds is 2. The lowest BCUT2D eigenvalue weighted by molar-refractivity contribution is 0.186. The quantitative estimate of drug-likeness (QED) is 0.772. The number of hydrogen-bond donors (Lipinski definition) is 2. The molecule has 0 aliphatic rings. The van der Waals surface area contributed by atoms with Gasteiger partial charge in [-0.25, -0.2) is 4.79 Å². The van der Waals surface area contributed by atoms with Crippen molar-refractivity contribution in [2.75, 3.05) is 6.54 Å². The first-order valence-corrected chi connectivity index (χ1v) is 5.02. The van der Waals surface area contributed by atoms with Crippen LogP contribution in [0, 0.1) is 6.92 Å². The Bertz CT molecular complexity index is 583. The molecular formula is C11H14N2O3. The molecule has 1 atom stereocenters. The topological polar surface area (TPSA) is 81.4 Å². The van der Waals surface area contributed by atoms with Gasteiger partial charge in [0.15, 0.2) is 5.58 Å². The number of benzene rings is 1. The van der Waals surface area contributed by atoms with Crippen molar-refractivity contribution >= 4 is 11.1 Å². The van der Waals surface area contributed by atoms with Crippen LogP contribution in [0.15, 0.2) is 21.3 Å². The first-order chi connectivity index (χ1) is 7.54. The van der Waals surface area contributed by atoms with E-state index in [0.29, 0.717) is 11.1 Å². The highest BCUT2D eigenvalue weighted by Crippen LogP contribution is 2.23. The molecule has 3 N–H and O–H groups in total. The summed E-state index contributed by atoms with van der Waals surface area (Å²) in [5.74, 6) is -0.409. The lowest BCUT2D eigenvalue weighted by Gasteiger charge is -2.11. The van der Waals surface area contributed by atoms with Crippen LogP contribution in [0.4, 0.5) is 0 Å². The van der Waals surface area contributed by atoms with Gasteiger partial charge in [0.05, 0.1) is 11.6 Å². The second-order valence-electron chi connectivity index (χ2n) is 3.86. The average molecular weight is 222 g/mol. The van der Waals surface area contributed by atoms with Gasteiger partial charge in [0.25, 0.3) is 0 Å². The van der Waals surface area contributed by atoms with E-state index in [2.05, 4.69) is 0 Å². The van der Waals surface area contributed by atoms with Gasteiger partial charge >= 0.3 is 5.76 Å². The maximum atomic E-state index is 11.3. The minimum atomic E-state index is -0.727. The second kappa shape index (κ2) is 3.77. The molecule has 0 radical (unpaired) electrons. The summed E-state index contributed by atoms with van der Waals surface area (Å²) in [5.41, 5.74) is 8.18. The van der Waals surface area contributed by atoms with Crippen LogP contribution >= 0.6 is 0 Å². The van der Waals surface area contributed by atoms with Crippen molar-refractivity contribution in [1.29, 1.82) is 0 Å². The number of aromatic nitrogens is 1. The molecule has 16 heavy (non-hydrogen) atoms. The Morgan fingerprint density at radius 1 is 1.56 bits per heavy atom. The highest BCUT2D eigenvalue weighted by atomic mass is 16.4. The number of aryl methyl sites for hydroxylation is 2. The Balaban J connectivity index is 2.72. The monoisotopic (exact) mass is 222 g/mol. The fraction of sp³-hybridized carbons (Fsp3) is 0.364. The molecule has 5 heteroatoms. The van der Waals surface area contributed by atoms with Gasteiger partial charge in [-0.05, 0) is 30.2 Å². The summed E-state index contributed by atoms with van der Waals surface area (Å²) in [6.45, 7) is 2.01. The number of fused-ring (bicyclic) bond motifs is 1. The third-order valence-electron chi connectivity index (χ3n) is 2.76. The van der Waals surface area contributed by atoms with Crippen molar-refractivity contribution in [3.05, 3.63) is 33.8 Å². The van der Waals surface area contributed by atoms with Crippen molar-refractivity contribution in [1.82, 2.24) is 4.57 Å². The van der Waals surface area contributed by atoms with Crippen molar-refractivity contribution in [3.8, 4) is 0 Å². The van der Waals surface area contributed by atoms with Crippen LogP contribution in [0.25, 0.3) is 11.1 Å². The maximum absolute atomic E-state index is 11.3. The first kappa shape index (κ1) is 10.9. The molecule has 5 nitrogen and oxygen atoms in total. The zero-order valence-electron chi connectivity index (χ0n) is 9.23. The summed E-state index contributed by atoms with van der Waals surface area (Å²) in [6, 6.07) is 3.48. The summed E-state index contributed by atoms with van der Waals surface area (Å²) in [6.07, 6.45) is -0.727. The van der Waals surface area contributed by atoms with Crippen molar-refractivity contribution in [2.45, 2.75) is 13.0 Å². The van der Waals surface area contributed by atoms with E-state index in [1.54, 1.807) is 13.1 Å². The van der Waals surface area contributed by atoms with Gasteiger partial charge in [0.2, 0.25) is 0 Å². The lowest BCUT2D eigenvalue weighted by Crippen LogP contribution is -2.12. The molecule has 1 aromatic heterocycles. The molecular weight excluding hydrogens is 208 g/mol. The summed E-state index contributed by atoms with van der Waals surface area (Å²) in [5, 5.41) is 9.69. The number of hydrogen-bond acceptors (Lipinski definition) is 4. The average Bonchev–Trinajstić information content (AvgIpc) is 2.53. The van der Waals surface area contributed by atoms with Crippen LogP contribution in [0.3, 0.4) is 0 Å². The van der Waals surface area contributed by atoms with Gasteiger partial charge < -0.3 is 15.3 Å². The minimum Gasteiger partial charge on any atom is -0.408 e. The molecule has 0 amide bonds. The SMILES string of the molecule is Cc1cc2c(cc1C(O)CN)oc(=O)n2C. The third-order valence-corrected chi connectivity index (χ3v) is 2.76. The molecule has 0 aliphatic heterocycles. The van der Waals surface area contributed by atoms with E-state index in [4.69, 9.17) is 10.2 Å².